The topological polar surface area (TPSA) is 133 Å². The number of carbonyl (C=O) groups is 2. The molecule has 3 fully saturated rings. The van der Waals surface area contributed by atoms with E-state index in [1.165, 1.54) is 0 Å². The summed E-state index contributed by atoms with van der Waals surface area (Å²) in [7, 11) is 0. The fourth-order valence-electron chi connectivity index (χ4n) is 5.47. The van der Waals surface area contributed by atoms with Crippen molar-refractivity contribution in [3.63, 3.8) is 0 Å². The Bertz CT molecular complexity index is 794. The maximum Gasteiger partial charge on any atom is 0.321 e. The fourth-order valence-corrected chi connectivity index (χ4v) is 5.47. The maximum atomic E-state index is 11.9. The molecule has 32 heavy (non-hydrogen) atoms. The van der Waals surface area contributed by atoms with Gasteiger partial charge in [-0.25, -0.2) is 0 Å². The second kappa shape index (κ2) is 11.1. The molecule has 1 aromatic heterocycles. The SMILES string of the molecule is CC(C)c1nnn([C@H]2C[C@@H](C(=O)O)N(C[C@H]3CC[C@H]4CN[C@H](C(=O)O)C[C@H]4C3)C2)n1.Cl.Cl. The summed E-state index contributed by atoms with van der Waals surface area (Å²) in [5, 5.41) is 35.0. The molecule has 1 saturated carbocycles. The van der Waals surface area contributed by atoms with Crippen LogP contribution in [-0.4, -0.2) is 79.0 Å². The molecule has 0 unspecified atom stereocenters. The highest BCUT2D eigenvalue weighted by Crippen LogP contribution is 2.40. The van der Waals surface area contributed by atoms with E-state index in [1.807, 2.05) is 13.8 Å². The van der Waals surface area contributed by atoms with Crippen molar-refractivity contribution in [3.05, 3.63) is 5.82 Å². The number of likely N-dealkylation sites (tertiary alicyclic amines) is 1. The van der Waals surface area contributed by atoms with Crippen LogP contribution in [0.25, 0.3) is 0 Å². The summed E-state index contributed by atoms with van der Waals surface area (Å²) >= 11 is 0. The number of nitrogens with zero attached hydrogens (tertiary/aromatic N) is 5. The van der Waals surface area contributed by atoms with Gasteiger partial charge in [-0.15, -0.1) is 35.0 Å². The predicted molar refractivity (Wildman–Crippen MR) is 121 cm³/mol. The third kappa shape index (κ3) is 5.70. The second-order valence-corrected chi connectivity index (χ2v) is 9.55. The molecule has 12 heteroatoms. The minimum Gasteiger partial charge on any atom is -0.480 e. The van der Waals surface area contributed by atoms with E-state index in [0.29, 0.717) is 43.0 Å². The number of hydrogen-bond donors (Lipinski definition) is 3. The minimum absolute atomic E-state index is 0. The smallest absolute Gasteiger partial charge is 0.321 e. The zero-order chi connectivity index (χ0) is 21.4. The first-order chi connectivity index (χ1) is 14.3. The zero-order valence-corrected chi connectivity index (χ0v) is 20.1. The monoisotopic (exact) mass is 492 g/mol. The van der Waals surface area contributed by atoms with Crippen molar-refractivity contribution >= 4 is 36.8 Å². The van der Waals surface area contributed by atoms with Gasteiger partial charge in [0.2, 0.25) is 0 Å². The molecule has 3 aliphatic rings. The molecule has 2 aliphatic heterocycles. The van der Waals surface area contributed by atoms with Gasteiger partial charge in [0, 0.05) is 19.0 Å². The van der Waals surface area contributed by atoms with Crippen molar-refractivity contribution in [1.82, 2.24) is 30.4 Å². The van der Waals surface area contributed by atoms with Crippen molar-refractivity contribution < 1.29 is 19.8 Å². The molecule has 0 amide bonds. The van der Waals surface area contributed by atoms with E-state index in [4.69, 9.17) is 0 Å². The summed E-state index contributed by atoms with van der Waals surface area (Å²) in [6.45, 7) is 6.12. The number of aromatic nitrogens is 4. The first-order valence-corrected chi connectivity index (χ1v) is 11.0. The Labute approximate surface area is 200 Å². The number of halogens is 2. The van der Waals surface area contributed by atoms with Crippen molar-refractivity contribution in [3.8, 4) is 0 Å². The number of tetrazole rings is 1. The van der Waals surface area contributed by atoms with Crippen LogP contribution in [-0.2, 0) is 9.59 Å². The van der Waals surface area contributed by atoms with Crippen LogP contribution in [0.15, 0.2) is 0 Å². The molecule has 0 bridgehead atoms. The lowest BCUT2D eigenvalue weighted by Crippen LogP contribution is -2.50. The molecule has 0 aromatic carbocycles. The van der Waals surface area contributed by atoms with Gasteiger partial charge in [-0.05, 0) is 61.6 Å². The highest BCUT2D eigenvalue weighted by Gasteiger charge is 2.42. The van der Waals surface area contributed by atoms with Gasteiger partial charge in [0.15, 0.2) is 5.82 Å². The Balaban J connectivity index is 0.00000181. The van der Waals surface area contributed by atoms with E-state index in [2.05, 4.69) is 25.6 Å². The van der Waals surface area contributed by atoms with Gasteiger partial charge in [-0.2, -0.15) is 4.80 Å². The fraction of sp³-hybridized carbons (Fsp3) is 0.850. The molecule has 2 saturated heterocycles. The largest absolute Gasteiger partial charge is 0.480 e. The standard InChI is InChI=1S/C20H32N6O4.2ClH/c1-11(2)18-22-24-26(23-18)15-7-17(20(29)30)25(10-15)9-12-3-4-13-8-21-16(19(27)28)6-14(13)5-12;;/h11-17,21H,3-10H2,1-2H3,(H,27,28)(H,29,30);2*1H/t12-,13-,14+,15-,16-,17-;;/m0../s1. The molecule has 4 rings (SSSR count). The average molecular weight is 493 g/mol. The van der Waals surface area contributed by atoms with E-state index in [9.17, 15) is 19.8 Å². The molecule has 1 aliphatic carbocycles. The normalized spacial score (nSPS) is 32.6. The van der Waals surface area contributed by atoms with Crippen molar-refractivity contribution in [1.29, 1.82) is 0 Å². The molecule has 0 spiro atoms. The van der Waals surface area contributed by atoms with Gasteiger partial charge >= 0.3 is 11.9 Å². The van der Waals surface area contributed by atoms with E-state index >= 15 is 0 Å². The lowest BCUT2D eigenvalue weighted by molar-refractivity contribution is -0.143. The number of aliphatic carboxylic acids is 2. The van der Waals surface area contributed by atoms with E-state index in [0.717, 1.165) is 32.4 Å². The van der Waals surface area contributed by atoms with E-state index in [1.54, 1.807) is 4.80 Å². The average Bonchev–Trinajstić information content (AvgIpc) is 3.34. The second-order valence-electron chi connectivity index (χ2n) is 9.55. The number of hydrogen-bond acceptors (Lipinski definition) is 7. The lowest BCUT2D eigenvalue weighted by Gasteiger charge is -2.42. The Morgan fingerprint density at radius 3 is 2.47 bits per heavy atom. The molecular formula is C20H34Cl2N6O4. The summed E-state index contributed by atoms with van der Waals surface area (Å²) in [4.78, 5) is 26.9. The van der Waals surface area contributed by atoms with Gasteiger partial charge in [0.25, 0.3) is 0 Å². The predicted octanol–water partition coefficient (Wildman–Crippen LogP) is 1.82. The molecule has 1 aromatic rings. The summed E-state index contributed by atoms with van der Waals surface area (Å²) < 4.78 is 0. The number of carboxylic acid groups (broad SMARTS) is 2. The number of piperidine rings is 1. The first kappa shape index (κ1) is 26.8. The summed E-state index contributed by atoms with van der Waals surface area (Å²) in [5.41, 5.74) is 0. The molecule has 6 atom stereocenters. The summed E-state index contributed by atoms with van der Waals surface area (Å²) in [5.74, 6) is 0.618. The lowest BCUT2D eigenvalue weighted by atomic mass is 9.69. The van der Waals surface area contributed by atoms with Crippen LogP contribution in [0.1, 0.15) is 63.7 Å². The van der Waals surface area contributed by atoms with Gasteiger partial charge < -0.3 is 15.5 Å². The number of rotatable bonds is 6. The van der Waals surface area contributed by atoms with Crippen LogP contribution in [0.3, 0.4) is 0 Å². The molecule has 10 nitrogen and oxygen atoms in total. The third-order valence-electron chi connectivity index (χ3n) is 7.16. The number of carboxylic acids is 2. The number of fused-ring (bicyclic) bond motifs is 1. The first-order valence-electron chi connectivity index (χ1n) is 11.0. The van der Waals surface area contributed by atoms with Crippen LogP contribution >= 0.6 is 24.8 Å². The van der Waals surface area contributed by atoms with Crippen LogP contribution in [0.2, 0.25) is 0 Å². The van der Waals surface area contributed by atoms with Crippen molar-refractivity contribution in [2.45, 2.75) is 70.0 Å². The highest BCUT2D eigenvalue weighted by molar-refractivity contribution is 5.85. The Kier molecular flexibility index (Phi) is 9.27. The maximum absolute atomic E-state index is 11.9. The number of nitrogens with one attached hydrogen (secondary N) is 1. The van der Waals surface area contributed by atoms with Crippen LogP contribution < -0.4 is 5.32 Å². The minimum atomic E-state index is -0.803. The summed E-state index contributed by atoms with van der Waals surface area (Å²) in [6.07, 6.45) is 4.26. The van der Waals surface area contributed by atoms with Gasteiger partial charge in [-0.1, -0.05) is 13.8 Å². The highest BCUT2D eigenvalue weighted by atomic mass is 35.5. The molecule has 3 heterocycles. The molecular weight excluding hydrogens is 459 g/mol. The van der Waals surface area contributed by atoms with E-state index in [-0.39, 0.29) is 36.8 Å². The Morgan fingerprint density at radius 1 is 1.09 bits per heavy atom. The van der Waals surface area contributed by atoms with Crippen molar-refractivity contribution in [2.75, 3.05) is 19.6 Å². The van der Waals surface area contributed by atoms with Gasteiger partial charge in [-0.3, -0.25) is 14.5 Å². The third-order valence-corrected chi connectivity index (χ3v) is 7.16. The molecule has 0 radical (unpaired) electrons. The van der Waals surface area contributed by atoms with Crippen molar-refractivity contribution in [2.24, 2.45) is 17.8 Å². The Hall–Kier alpha value is -1.49. The summed E-state index contributed by atoms with van der Waals surface area (Å²) in [6, 6.07) is -1.08. The van der Waals surface area contributed by atoms with Crippen LogP contribution in [0.5, 0.6) is 0 Å². The Morgan fingerprint density at radius 2 is 1.84 bits per heavy atom. The zero-order valence-electron chi connectivity index (χ0n) is 18.5. The van der Waals surface area contributed by atoms with Crippen LogP contribution in [0, 0.1) is 17.8 Å². The van der Waals surface area contributed by atoms with Gasteiger partial charge in [0.1, 0.15) is 12.1 Å². The van der Waals surface area contributed by atoms with Gasteiger partial charge in [0.05, 0.1) is 6.04 Å². The van der Waals surface area contributed by atoms with E-state index < -0.39 is 24.0 Å². The molecule has 3 N–H and O–H groups in total. The van der Waals surface area contributed by atoms with Crippen LogP contribution in [0.4, 0.5) is 0 Å². The molecule has 182 valence electrons. The quantitative estimate of drug-likeness (QED) is 0.543.